The number of carbonyl (C=O) groups excluding carboxylic acids is 1. The number of benzene rings is 4. The molecule has 0 bridgehead atoms. The van der Waals surface area contributed by atoms with E-state index in [2.05, 4.69) is 16.0 Å². The number of nitriles is 1. The minimum Gasteiger partial charge on any atom is -0.342 e. The first-order chi connectivity index (χ1) is 22.0. The summed E-state index contributed by atoms with van der Waals surface area (Å²) in [7, 11) is 0. The van der Waals surface area contributed by atoms with E-state index in [1.807, 2.05) is 128 Å². The lowest BCUT2D eigenvalue weighted by molar-refractivity contribution is -0.113. The number of fused-ring (bicyclic) bond motifs is 2. The molecule has 1 N–H and O–H groups in total. The van der Waals surface area contributed by atoms with Crippen LogP contribution in [-0.2, 0) is 11.3 Å². The number of hydrogen-bond acceptors (Lipinski definition) is 5. The van der Waals surface area contributed by atoms with Gasteiger partial charge in [0, 0.05) is 34.9 Å². The number of carbonyl (C=O) groups is 1. The molecular formula is C37H27N5O2S. The summed E-state index contributed by atoms with van der Waals surface area (Å²) in [6.45, 7) is 2.34. The zero-order valence-electron chi connectivity index (χ0n) is 24.3. The lowest BCUT2D eigenvalue weighted by Gasteiger charge is -2.25. The molecule has 7 rings (SSSR count). The zero-order valence-corrected chi connectivity index (χ0v) is 25.2. The predicted molar refractivity (Wildman–Crippen MR) is 177 cm³/mol. The number of para-hydroxylation sites is 2. The van der Waals surface area contributed by atoms with E-state index < -0.39 is 6.04 Å². The Balaban J connectivity index is 1.35. The van der Waals surface area contributed by atoms with Gasteiger partial charge in [0.1, 0.15) is 0 Å². The van der Waals surface area contributed by atoms with Crippen LogP contribution in [0.2, 0.25) is 0 Å². The number of thiazole rings is 1. The fourth-order valence-corrected chi connectivity index (χ4v) is 6.93. The second-order valence-corrected chi connectivity index (χ2v) is 11.8. The molecule has 218 valence electrons. The van der Waals surface area contributed by atoms with Crippen molar-refractivity contribution in [3.05, 3.63) is 169 Å². The Morgan fingerprint density at radius 3 is 2.42 bits per heavy atom. The van der Waals surface area contributed by atoms with E-state index in [1.165, 1.54) is 11.3 Å². The molecule has 0 saturated heterocycles. The molecule has 0 saturated carbocycles. The van der Waals surface area contributed by atoms with Gasteiger partial charge in [-0.15, -0.1) is 0 Å². The summed E-state index contributed by atoms with van der Waals surface area (Å²) >= 11 is 1.31. The summed E-state index contributed by atoms with van der Waals surface area (Å²) < 4.78 is 4.27. The summed E-state index contributed by atoms with van der Waals surface area (Å²) in [5.74, 6) is -0.300. The van der Waals surface area contributed by atoms with Gasteiger partial charge in [0.15, 0.2) is 4.80 Å². The van der Waals surface area contributed by atoms with Crippen LogP contribution in [0.15, 0.2) is 136 Å². The number of rotatable bonds is 6. The van der Waals surface area contributed by atoms with E-state index in [4.69, 9.17) is 4.99 Å². The Hall–Kier alpha value is -5.78. The maximum absolute atomic E-state index is 14.2. The SMILES string of the molecule is CC1=C(C(=O)Nc2ccccc2)[C@@H](c2ccccc2)n2c(s/c(=C\c3cn(Cc4ccccc4C#N)c4ccccc34)c2=O)=N1. The highest BCUT2D eigenvalue weighted by Gasteiger charge is 2.32. The second kappa shape index (κ2) is 11.7. The van der Waals surface area contributed by atoms with Crippen molar-refractivity contribution < 1.29 is 4.79 Å². The molecule has 0 radical (unpaired) electrons. The van der Waals surface area contributed by atoms with Gasteiger partial charge < -0.3 is 9.88 Å². The van der Waals surface area contributed by atoms with E-state index >= 15 is 0 Å². The summed E-state index contributed by atoms with van der Waals surface area (Å²) in [6.07, 6.45) is 3.93. The van der Waals surface area contributed by atoms with E-state index in [0.29, 0.717) is 38.4 Å². The minimum atomic E-state index is -0.642. The van der Waals surface area contributed by atoms with Crippen LogP contribution in [0.5, 0.6) is 0 Å². The molecule has 0 fully saturated rings. The summed E-state index contributed by atoms with van der Waals surface area (Å²) in [5, 5.41) is 13.6. The van der Waals surface area contributed by atoms with E-state index in [1.54, 1.807) is 4.57 Å². The van der Waals surface area contributed by atoms with Crippen LogP contribution in [-0.4, -0.2) is 15.0 Å². The van der Waals surface area contributed by atoms with Crippen molar-refractivity contribution >= 4 is 39.9 Å². The fraction of sp³-hybridized carbons (Fsp3) is 0.0811. The monoisotopic (exact) mass is 605 g/mol. The number of hydrogen-bond donors (Lipinski definition) is 1. The van der Waals surface area contributed by atoms with Crippen molar-refractivity contribution in [1.82, 2.24) is 9.13 Å². The first-order valence-corrected chi connectivity index (χ1v) is 15.3. The average molecular weight is 606 g/mol. The van der Waals surface area contributed by atoms with E-state index in [9.17, 15) is 14.9 Å². The third-order valence-electron chi connectivity index (χ3n) is 8.00. The molecule has 1 amide bonds. The van der Waals surface area contributed by atoms with E-state index in [0.717, 1.165) is 27.6 Å². The van der Waals surface area contributed by atoms with Crippen molar-refractivity contribution in [2.75, 3.05) is 5.32 Å². The largest absolute Gasteiger partial charge is 0.342 e. The lowest BCUT2D eigenvalue weighted by atomic mass is 9.95. The molecule has 1 aliphatic heterocycles. The van der Waals surface area contributed by atoms with Crippen molar-refractivity contribution in [1.29, 1.82) is 5.26 Å². The molecular weight excluding hydrogens is 579 g/mol. The number of anilines is 1. The fourth-order valence-electron chi connectivity index (χ4n) is 5.90. The number of allylic oxidation sites excluding steroid dienone is 1. The van der Waals surface area contributed by atoms with Gasteiger partial charge in [-0.2, -0.15) is 5.26 Å². The van der Waals surface area contributed by atoms with Crippen molar-refractivity contribution in [3.63, 3.8) is 0 Å². The smallest absolute Gasteiger partial charge is 0.271 e. The quantitative estimate of drug-likeness (QED) is 0.262. The molecule has 6 aromatic rings. The molecule has 0 spiro atoms. The molecule has 45 heavy (non-hydrogen) atoms. The van der Waals surface area contributed by atoms with Gasteiger partial charge in [-0.25, -0.2) is 4.99 Å². The van der Waals surface area contributed by atoms with Crippen LogP contribution in [0.4, 0.5) is 5.69 Å². The van der Waals surface area contributed by atoms with Gasteiger partial charge in [-0.3, -0.25) is 14.2 Å². The summed E-state index contributed by atoms with van der Waals surface area (Å²) in [6, 6.07) is 36.1. The van der Waals surface area contributed by atoms with Gasteiger partial charge in [0.05, 0.1) is 33.5 Å². The number of aromatic nitrogens is 2. The van der Waals surface area contributed by atoms with Crippen LogP contribution in [0.25, 0.3) is 17.0 Å². The Labute approximate surface area is 263 Å². The van der Waals surface area contributed by atoms with Crippen LogP contribution >= 0.6 is 11.3 Å². The van der Waals surface area contributed by atoms with Gasteiger partial charge in [-0.1, -0.05) is 96.3 Å². The Kier molecular flexibility index (Phi) is 7.30. The zero-order chi connectivity index (χ0) is 30.9. The Morgan fingerprint density at radius 2 is 1.64 bits per heavy atom. The molecule has 8 heteroatoms. The topological polar surface area (TPSA) is 92.2 Å². The Bertz CT molecular complexity index is 2340. The van der Waals surface area contributed by atoms with E-state index in [-0.39, 0.29) is 11.5 Å². The van der Waals surface area contributed by atoms with Gasteiger partial charge in [0.25, 0.3) is 11.5 Å². The number of nitrogens with one attached hydrogen (secondary N) is 1. The Morgan fingerprint density at radius 1 is 0.956 bits per heavy atom. The maximum Gasteiger partial charge on any atom is 0.271 e. The van der Waals surface area contributed by atoms with Gasteiger partial charge in [-0.05, 0) is 48.4 Å². The second-order valence-electron chi connectivity index (χ2n) is 10.8. The first-order valence-electron chi connectivity index (χ1n) is 14.5. The third-order valence-corrected chi connectivity index (χ3v) is 8.98. The first kappa shape index (κ1) is 28.0. The average Bonchev–Trinajstić information content (AvgIpc) is 3.57. The third kappa shape index (κ3) is 5.20. The van der Waals surface area contributed by atoms with Crippen molar-refractivity contribution in [2.24, 2.45) is 4.99 Å². The number of amides is 1. The summed E-state index contributed by atoms with van der Waals surface area (Å²) in [4.78, 5) is 33.3. The lowest BCUT2D eigenvalue weighted by Crippen LogP contribution is -2.40. The van der Waals surface area contributed by atoms with Crippen LogP contribution in [0.3, 0.4) is 0 Å². The standard InChI is InChI=1S/C37H27N5O2S/c1-24-33(35(43)40-29-16-6-3-7-17-29)34(25-12-4-2-5-13-25)42-36(44)32(45-37(42)39-24)20-28-23-41(31-19-11-10-18-30(28)31)22-27-15-9-8-14-26(27)21-38/h2-20,23,34H,22H2,1H3,(H,40,43)/b32-20-/t34-/m1/s1. The molecule has 4 aromatic carbocycles. The molecule has 0 unspecified atom stereocenters. The normalized spacial score (nSPS) is 14.6. The summed E-state index contributed by atoms with van der Waals surface area (Å²) in [5.41, 5.74) is 5.72. The molecule has 2 aromatic heterocycles. The molecule has 3 heterocycles. The molecule has 1 atom stereocenters. The highest BCUT2D eigenvalue weighted by molar-refractivity contribution is 7.07. The van der Waals surface area contributed by atoms with Crippen LogP contribution in [0.1, 0.15) is 35.2 Å². The van der Waals surface area contributed by atoms with Crippen molar-refractivity contribution in [2.45, 2.75) is 19.5 Å². The molecule has 1 aliphatic rings. The van der Waals surface area contributed by atoms with Crippen molar-refractivity contribution in [3.8, 4) is 6.07 Å². The van der Waals surface area contributed by atoms with Gasteiger partial charge in [0.2, 0.25) is 0 Å². The highest BCUT2D eigenvalue weighted by Crippen LogP contribution is 2.31. The van der Waals surface area contributed by atoms with Gasteiger partial charge >= 0.3 is 0 Å². The van der Waals surface area contributed by atoms with Crippen LogP contribution < -0.4 is 20.2 Å². The maximum atomic E-state index is 14.2. The van der Waals surface area contributed by atoms with Crippen LogP contribution in [0, 0.1) is 11.3 Å². The predicted octanol–water partition coefficient (Wildman–Crippen LogP) is 5.75. The highest BCUT2D eigenvalue weighted by atomic mass is 32.1. The molecule has 7 nitrogen and oxygen atoms in total. The number of nitrogens with zero attached hydrogens (tertiary/aromatic N) is 4. The minimum absolute atomic E-state index is 0.211. The molecule has 0 aliphatic carbocycles.